The lowest BCUT2D eigenvalue weighted by molar-refractivity contribution is -0.158. The molecule has 5 nitrogen and oxygen atoms in total. The molecule has 0 spiro atoms. The van der Waals surface area contributed by atoms with Crippen molar-refractivity contribution in [3.63, 3.8) is 0 Å². The summed E-state index contributed by atoms with van der Waals surface area (Å²) in [5.41, 5.74) is 4.62. The molecule has 0 atom stereocenters. The number of carbonyl (C=O) groups is 1. The quantitative estimate of drug-likeness (QED) is 0.607. The average Bonchev–Trinajstić information content (AvgIpc) is 2.72. The van der Waals surface area contributed by atoms with Gasteiger partial charge in [0.15, 0.2) is 0 Å². The maximum atomic E-state index is 12.2. The highest BCUT2D eigenvalue weighted by atomic mass is 19.3. The topological polar surface area (TPSA) is 59.0 Å². The summed E-state index contributed by atoms with van der Waals surface area (Å²) in [6.45, 7) is -0.954. The molecule has 2 aromatic rings. The molecule has 160 valence electrons. The summed E-state index contributed by atoms with van der Waals surface area (Å²) in [7, 11) is 0. The zero-order valence-corrected chi connectivity index (χ0v) is 16.6. The van der Waals surface area contributed by atoms with E-state index in [0.29, 0.717) is 19.6 Å². The Kier molecular flexibility index (Phi) is 7.93. The molecule has 30 heavy (non-hydrogen) atoms. The van der Waals surface area contributed by atoms with Gasteiger partial charge >= 0.3 is 12.6 Å². The number of carboxylic acid groups (broad SMARTS) is 1. The smallest absolute Gasteiger partial charge is 0.387 e. The molecule has 0 radical (unpaired) electrons. The molecular formula is C23H25F2NO4. The van der Waals surface area contributed by atoms with Crippen molar-refractivity contribution in [1.29, 1.82) is 0 Å². The Morgan fingerprint density at radius 1 is 1.20 bits per heavy atom. The van der Waals surface area contributed by atoms with Crippen molar-refractivity contribution in [2.75, 3.05) is 13.2 Å². The van der Waals surface area contributed by atoms with Crippen LogP contribution in [-0.4, -0.2) is 35.9 Å². The van der Waals surface area contributed by atoms with Crippen LogP contribution in [0.5, 0.6) is 5.75 Å². The molecular weight excluding hydrogens is 392 g/mol. The fourth-order valence-electron chi connectivity index (χ4n) is 3.53. The molecule has 0 saturated carbocycles. The first-order valence-corrected chi connectivity index (χ1v) is 9.92. The molecule has 1 N–H and O–H groups in total. The van der Waals surface area contributed by atoms with Crippen LogP contribution in [0.3, 0.4) is 0 Å². The van der Waals surface area contributed by atoms with Crippen LogP contribution in [0.4, 0.5) is 8.78 Å². The first-order chi connectivity index (χ1) is 14.5. The number of alkyl halides is 2. The van der Waals surface area contributed by atoms with Crippen molar-refractivity contribution in [2.45, 2.75) is 38.8 Å². The monoisotopic (exact) mass is 417 g/mol. The van der Waals surface area contributed by atoms with Gasteiger partial charge in [-0.15, -0.1) is 0 Å². The maximum absolute atomic E-state index is 12.2. The average molecular weight is 417 g/mol. The number of hydroxylamine groups is 2. The number of fused-ring (bicyclic) bond motifs is 1. The summed E-state index contributed by atoms with van der Waals surface area (Å²) in [5, 5.41) is 10.7. The molecule has 3 rings (SSSR count). The van der Waals surface area contributed by atoms with Crippen LogP contribution >= 0.6 is 0 Å². The van der Waals surface area contributed by atoms with Crippen LogP contribution in [0.1, 0.15) is 35.1 Å². The molecule has 0 fully saturated rings. The van der Waals surface area contributed by atoms with Gasteiger partial charge < -0.3 is 9.84 Å². The molecule has 0 aromatic heterocycles. The normalized spacial score (nSPS) is 14.2. The Balaban J connectivity index is 1.47. The lowest BCUT2D eigenvalue weighted by atomic mass is 9.92. The molecule has 1 aliphatic rings. The first kappa shape index (κ1) is 21.9. The number of ether oxygens (including phenoxy) is 1. The minimum atomic E-state index is -2.82. The van der Waals surface area contributed by atoms with Gasteiger partial charge in [-0.1, -0.05) is 42.5 Å². The molecule has 0 bridgehead atoms. The number of aliphatic carboxylic acids is 1. The van der Waals surface area contributed by atoms with E-state index in [9.17, 15) is 13.6 Å². The van der Waals surface area contributed by atoms with E-state index in [1.807, 2.05) is 23.3 Å². The predicted molar refractivity (Wildman–Crippen MR) is 109 cm³/mol. The van der Waals surface area contributed by atoms with Gasteiger partial charge in [0.25, 0.3) is 0 Å². The van der Waals surface area contributed by atoms with E-state index in [2.05, 4.69) is 16.9 Å². The summed E-state index contributed by atoms with van der Waals surface area (Å²) in [6.07, 6.45) is 6.22. The van der Waals surface area contributed by atoms with Crippen molar-refractivity contribution < 1.29 is 28.3 Å². The van der Waals surface area contributed by atoms with Gasteiger partial charge in [0, 0.05) is 19.5 Å². The van der Waals surface area contributed by atoms with Crippen molar-refractivity contribution >= 4 is 12.0 Å². The molecule has 0 saturated heterocycles. The van der Waals surface area contributed by atoms with E-state index >= 15 is 0 Å². The van der Waals surface area contributed by atoms with Crippen LogP contribution in [0, 0.1) is 0 Å². The Labute approximate surface area is 174 Å². The van der Waals surface area contributed by atoms with E-state index in [1.165, 1.54) is 28.8 Å². The van der Waals surface area contributed by atoms with Gasteiger partial charge in [-0.25, -0.2) is 0 Å². The minimum absolute atomic E-state index is 0.132. The fourth-order valence-corrected chi connectivity index (χ4v) is 3.53. The van der Waals surface area contributed by atoms with E-state index in [0.717, 1.165) is 24.9 Å². The molecule has 0 unspecified atom stereocenters. The van der Waals surface area contributed by atoms with E-state index in [4.69, 9.17) is 9.94 Å². The lowest BCUT2D eigenvalue weighted by Gasteiger charge is -2.29. The third kappa shape index (κ3) is 6.64. The highest BCUT2D eigenvalue weighted by Crippen LogP contribution is 2.24. The maximum Gasteiger partial charge on any atom is 0.387 e. The second-order valence-electron chi connectivity index (χ2n) is 7.06. The predicted octanol–water partition coefficient (Wildman–Crippen LogP) is 4.70. The summed E-state index contributed by atoms with van der Waals surface area (Å²) < 4.78 is 28.7. The summed E-state index contributed by atoms with van der Waals surface area (Å²) in [6, 6.07) is 12.6. The Bertz CT molecular complexity index is 868. The third-order valence-corrected chi connectivity index (χ3v) is 4.93. The SMILES string of the molecule is O=C(O)CCCc1cccc2c1CCN(OC/C=C/c1ccc(OC(F)F)cc1)C2. The molecule has 1 heterocycles. The summed E-state index contributed by atoms with van der Waals surface area (Å²) >= 11 is 0. The third-order valence-electron chi connectivity index (χ3n) is 4.93. The molecule has 1 aliphatic heterocycles. The van der Waals surface area contributed by atoms with Gasteiger partial charge in [0.2, 0.25) is 0 Å². The van der Waals surface area contributed by atoms with Crippen molar-refractivity contribution in [3.8, 4) is 5.75 Å². The number of carboxylic acids is 1. The number of aryl methyl sites for hydroxylation is 1. The lowest BCUT2D eigenvalue weighted by Crippen LogP contribution is -2.31. The highest BCUT2D eigenvalue weighted by Gasteiger charge is 2.18. The zero-order chi connectivity index (χ0) is 21.3. The summed E-state index contributed by atoms with van der Waals surface area (Å²) in [5.74, 6) is -0.627. The largest absolute Gasteiger partial charge is 0.481 e. The van der Waals surface area contributed by atoms with Crippen LogP contribution < -0.4 is 4.74 Å². The van der Waals surface area contributed by atoms with Crippen molar-refractivity contribution in [3.05, 3.63) is 70.8 Å². The number of hydrogen-bond acceptors (Lipinski definition) is 4. The number of nitrogens with zero attached hydrogens (tertiary/aromatic N) is 1. The van der Waals surface area contributed by atoms with E-state index < -0.39 is 12.6 Å². The second kappa shape index (κ2) is 10.8. The van der Waals surface area contributed by atoms with Crippen LogP contribution in [0.25, 0.3) is 6.08 Å². The molecule has 0 amide bonds. The standard InChI is InChI=1S/C23H25F2NO4/c24-23(25)30-20-11-9-17(10-12-20)4-3-15-29-26-14-13-21-18(6-2-8-22(27)28)5-1-7-19(21)16-26/h1,3-5,7,9-12,23H,2,6,8,13-16H2,(H,27,28)/b4-3+. The minimum Gasteiger partial charge on any atom is -0.481 e. The highest BCUT2D eigenvalue weighted by molar-refractivity contribution is 5.66. The molecule has 7 heteroatoms. The number of halogens is 2. The fraction of sp³-hybridized carbons (Fsp3) is 0.348. The Morgan fingerprint density at radius 2 is 2.00 bits per heavy atom. The van der Waals surface area contributed by atoms with Crippen molar-refractivity contribution in [2.24, 2.45) is 0 Å². The number of benzene rings is 2. The van der Waals surface area contributed by atoms with Gasteiger partial charge in [0.05, 0.1) is 6.61 Å². The van der Waals surface area contributed by atoms with E-state index in [1.54, 1.807) is 12.1 Å². The number of hydrogen-bond donors (Lipinski definition) is 1. The van der Waals surface area contributed by atoms with Gasteiger partial charge in [-0.3, -0.25) is 9.63 Å². The molecule has 2 aromatic carbocycles. The van der Waals surface area contributed by atoms with Gasteiger partial charge in [-0.2, -0.15) is 13.8 Å². The number of rotatable bonds is 10. The van der Waals surface area contributed by atoms with Gasteiger partial charge in [-0.05, 0) is 53.6 Å². The van der Waals surface area contributed by atoms with Crippen LogP contribution in [0.2, 0.25) is 0 Å². The molecule has 0 aliphatic carbocycles. The summed E-state index contributed by atoms with van der Waals surface area (Å²) in [4.78, 5) is 16.6. The first-order valence-electron chi connectivity index (χ1n) is 9.92. The Hall–Kier alpha value is -2.77. The Morgan fingerprint density at radius 3 is 2.73 bits per heavy atom. The van der Waals surface area contributed by atoms with Crippen LogP contribution in [0.15, 0.2) is 48.5 Å². The zero-order valence-electron chi connectivity index (χ0n) is 16.6. The van der Waals surface area contributed by atoms with Crippen LogP contribution in [-0.2, 0) is 29.0 Å². The van der Waals surface area contributed by atoms with Gasteiger partial charge in [0.1, 0.15) is 5.75 Å². The second-order valence-corrected chi connectivity index (χ2v) is 7.06. The van der Waals surface area contributed by atoms with E-state index in [-0.39, 0.29) is 12.2 Å². The van der Waals surface area contributed by atoms with Crippen molar-refractivity contribution in [1.82, 2.24) is 5.06 Å².